The van der Waals surface area contributed by atoms with Crippen molar-refractivity contribution in [3.05, 3.63) is 42.5 Å². The zero-order chi connectivity index (χ0) is 10.7. The smallest absolute Gasteiger partial charge is 0.147 e. The van der Waals surface area contributed by atoms with Crippen LogP contribution in [0.25, 0.3) is 10.8 Å². The molecule has 0 aromatic heterocycles. The average molecular weight is 201 g/mol. The zero-order valence-corrected chi connectivity index (χ0v) is 8.81. The van der Waals surface area contributed by atoms with Crippen molar-refractivity contribution in [1.82, 2.24) is 0 Å². The van der Waals surface area contributed by atoms with Crippen LogP contribution in [0.1, 0.15) is 13.3 Å². The molecule has 0 saturated carbocycles. The van der Waals surface area contributed by atoms with Gasteiger partial charge in [-0.25, -0.2) is 0 Å². The number of hydrogen-bond donors (Lipinski definition) is 1. The molecule has 2 N–H and O–H groups in total. The fourth-order valence-corrected chi connectivity index (χ4v) is 1.54. The molecule has 0 bridgehead atoms. The second-order valence-electron chi connectivity index (χ2n) is 3.54. The Balaban J connectivity index is 2.42. The summed E-state index contributed by atoms with van der Waals surface area (Å²) in [6.45, 7) is 2.01. The van der Waals surface area contributed by atoms with Crippen LogP contribution in [-0.4, -0.2) is 6.23 Å². The summed E-state index contributed by atoms with van der Waals surface area (Å²) in [6.07, 6.45) is 0.583. The molecule has 78 valence electrons. The second-order valence-corrected chi connectivity index (χ2v) is 3.54. The van der Waals surface area contributed by atoms with Crippen molar-refractivity contribution >= 4 is 10.8 Å². The molecule has 0 aliphatic rings. The third-order valence-corrected chi connectivity index (χ3v) is 2.43. The van der Waals surface area contributed by atoms with Gasteiger partial charge >= 0.3 is 0 Å². The molecule has 2 rings (SSSR count). The highest BCUT2D eigenvalue weighted by Crippen LogP contribution is 2.25. The Morgan fingerprint density at radius 3 is 2.67 bits per heavy atom. The van der Waals surface area contributed by atoms with Gasteiger partial charge in [-0.2, -0.15) is 0 Å². The maximum atomic E-state index is 5.77. The molecule has 2 nitrogen and oxygen atoms in total. The predicted octanol–water partition coefficient (Wildman–Crippen LogP) is 2.91. The molecule has 0 amide bonds. The third-order valence-electron chi connectivity index (χ3n) is 2.43. The van der Waals surface area contributed by atoms with Crippen molar-refractivity contribution < 1.29 is 4.74 Å². The largest absolute Gasteiger partial charge is 0.475 e. The highest BCUT2D eigenvalue weighted by Gasteiger charge is 2.04. The fraction of sp³-hybridized carbons (Fsp3) is 0.231. The first-order chi connectivity index (χ1) is 7.31. The molecule has 15 heavy (non-hydrogen) atoms. The van der Waals surface area contributed by atoms with E-state index < -0.39 is 0 Å². The molecule has 0 aliphatic carbocycles. The van der Waals surface area contributed by atoms with Crippen LogP contribution in [0.5, 0.6) is 5.75 Å². The van der Waals surface area contributed by atoms with Gasteiger partial charge in [0.25, 0.3) is 0 Å². The molecular weight excluding hydrogens is 186 g/mol. The normalized spacial score (nSPS) is 12.7. The summed E-state index contributed by atoms with van der Waals surface area (Å²) in [5.41, 5.74) is 5.77. The molecule has 0 fully saturated rings. The monoisotopic (exact) mass is 201 g/mol. The number of fused-ring (bicyclic) bond motifs is 1. The molecular formula is C13H15NO. The van der Waals surface area contributed by atoms with Gasteiger partial charge in [-0.1, -0.05) is 43.3 Å². The lowest BCUT2D eigenvalue weighted by molar-refractivity contribution is 0.208. The van der Waals surface area contributed by atoms with Crippen LogP contribution in [0.15, 0.2) is 42.5 Å². The van der Waals surface area contributed by atoms with Gasteiger partial charge in [-0.05, 0) is 17.9 Å². The lowest BCUT2D eigenvalue weighted by Crippen LogP contribution is -2.25. The van der Waals surface area contributed by atoms with E-state index in [4.69, 9.17) is 10.5 Å². The van der Waals surface area contributed by atoms with E-state index in [2.05, 4.69) is 12.1 Å². The van der Waals surface area contributed by atoms with E-state index in [-0.39, 0.29) is 6.23 Å². The van der Waals surface area contributed by atoms with Crippen LogP contribution < -0.4 is 10.5 Å². The molecule has 2 aromatic rings. The third kappa shape index (κ3) is 2.10. The van der Waals surface area contributed by atoms with Crippen molar-refractivity contribution in [3.8, 4) is 5.75 Å². The van der Waals surface area contributed by atoms with Crippen LogP contribution in [-0.2, 0) is 0 Å². The van der Waals surface area contributed by atoms with Crippen molar-refractivity contribution in [2.45, 2.75) is 19.6 Å². The molecule has 2 aromatic carbocycles. The van der Waals surface area contributed by atoms with Crippen LogP contribution in [0, 0.1) is 0 Å². The average Bonchev–Trinajstić information content (AvgIpc) is 2.29. The van der Waals surface area contributed by atoms with Crippen LogP contribution in [0.4, 0.5) is 0 Å². The van der Waals surface area contributed by atoms with Gasteiger partial charge < -0.3 is 4.74 Å². The molecule has 1 unspecified atom stereocenters. The van der Waals surface area contributed by atoms with Crippen LogP contribution in [0.2, 0.25) is 0 Å². The Morgan fingerprint density at radius 1 is 1.13 bits per heavy atom. The number of ether oxygens (including phenoxy) is 1. The minimum atomic E-state index is -0.226. The standard InChI is InChI=1S/C13H15NO/c1-2-13(14)15-12-9-5-7-10-6-3-4-8-11(10)12/h3-9,13H,2,14H2,1H3. The number of benzene rings is 2. The first kappa shape index (κ1) is 9.99. The van der Waals surface area contributed by atoms with Crippen LogP contribution in [0.3, 0.4) is 0 Å². The van der Waals surface area contributed by atoms with E-state index in [0.29, 0.717) is 0 Å². The zero-order valence-electron chi connectivity index (χ0n) is 8.81. The molecule has 0 radical (unpaired) electrons. The Bertz CT molecular complexity index is 448. The van der Waals surface area contributed by atoms with E-state index in [1.165, 1.54) is 5.39 Å². The number of rotatable bonds is 3. The van der Waals surface area contributed by atoms with E-state index >= 15 is 0 Å². The minimum Gasteiger partial charge on any atom is -0.475 e. The molecule has 0 aliphatic heterocycles. The fourth-order valence-electron chi connectivity index (χ4n) is 1.54. The van der Waals surface area contributed by atoms with Gasteiger partial charge in [0, 0.05) is 5.39 Å². The van der Waals surface area contributed by atoms with Crippen molar-refractivity contribution in [2.75, 3.05) is 0 Å². The molecule has 1 atom stereocenters. The van der Waals surface area contributed by atoms with E-state index in [0.717, 1.165) is 17.6 Å². The summed E-state index contributed by atoms with van der Waals surface area (Å²) in [5, 5.41) is 2.29. The Labute approximate surface area is 89.7 Å². The summed E-state index contributed by atoms with van der Waals surface area (Å²) >= 11 is 0. The minimum absolute atomic E-state index is 0.226. The first-order valence-electron chi connectivity index (χ1n) is 5.21. The SMILES string of the molecule is CCC(N)Oc1cccc2ccccc12. The molecule has 0 saturated heterocycles. The van der Waals surface area contributed by atoms with Gasteiger partial charge in [0.2, 0.25) is 0 Å². The van der Waals surface area contributed by atoms with E-state index in [9.17, 15) is 0 Å². The lowest BCUT2D eigenvalue weighted by Gasteiger charge is -2.14. The predicted molar refractivity (Wildman–Crippen MR) is 62.8 cm³/mol. The van der Waals surface area contributed by atoms with E-state index in [1.54, 1.807) is 0 Å². The summed E-state index contributed by atoms with van der Waals surface area (Å²) in [6, 6.07) is 14.2. The lowest BCUT2D eigenvalue weighted by atomic mass is 10.1. The quantitative estimate of drug-likeness (QED) is 0.775. The van der Waals surface area contributed by atoms with Gasteiger partial charge in [0.1, 0.15) is 12.0 Å². The van der Waals surface area contributed by atoms with Gasteiger partial charge in [0.05, 0.1) is 0 Å². The van der Waals surface area contributed by atoms with Crippen LogP contribution >= 0.6 is 0 Å². The summed E-state index contributed by atoms with van der Waals surface area (Å²) in [4.78, 5) is 0. The Morgan fingerprint density at radius 2 is 1.87 bits per heavy atom. The number of nitrogens with two attached hydrogens (primary N) is 1. The Kier molecular flexibility index (Phi) is 2.88. The first-order valence-corrected chi connectivity index (χ1v) is 5.21. The van der Waals surface area contributed by atoms with Crippen molar-refractivity contribution in [2.24, 2.45) is 5.73 Å². The van der Waals surface area contributed by atoms with Gasteiger partial charge in [-0.3, -0.25) is 5.73 Å². The van der Waals surface area contributed by atoms with Crippen molar-refractivity contribution in [3.63, 3.8) is 0 Å². The van der Waals surface area contributed by atoms with Gasteiger partial charge in [-0.15, -0.1) is 0 Å². The summed E-state index contributed by atoms with van der Waals surface area (Å²) in [5.74, 6) is 0.863. The number of hydrogen-bond acceptors (Lipinski definition) is 2. The van der Waals surface area contributed by atoms with Crippen molar-refractivity contribution in [1.29, 1.82) is 0 Å². The second kappa shape index (κ2) is 4.32. The molecule has 0 spiro atoms. The highest BCUT2D eigenvalue weighted by molar-refractivity contribution is 5.88. The maximum Gasteiger partial charge on any atom is 0.147 e. The highest BCUT2D eigenvalue weighted by atomic mass is 16.5. The van der Waals surface area contributed by atoms with Gasteiger partial charge in [0.15, 0.2) is 0 Å². The summed E-state index contributed by atoms with van der Waals surface area (Å²) < 4.78 is 5.65. The topological polar surface area (TPSA) is 35.2 Å². The maximum absolute atomic E-state index is 5.77. The summed E-state index contributed by atoms with van der Waals surface area (Å²) in [7, 11) is 0. The molecule has 2 heteroatoms. The van der Waals surface area contributed by atoms with E-state index in [1.807, 2.05) is 37.3 Å². The molecule has 0 heterocycles. The Hall–Kier alpha value is -1.54.